The van der Waals surface area contributed by atoms with Gasteiger partial charge in [0.15, 0.2) is 5.76 Å². The molecule has 0 saturated heterocycles. The molecule has 0 radical (unpaired) electrons. The van der Waals surface area contributed by atoms with Gasteiger partial charge in [0.2, 0.25) is 5.89 Å². The lowest BCUT2D eigenvalue weighted by Crippen LogP contribution is -2.23. The summed E-state index contributed by atoms with van der Waals surface area (Å²) in [5, 5.41) is 5.65. The Morgan fingerprint density at radius 1 is 1.00 bits per heavy atom. The summed E-state index contributed by atoms with van der Waals surface area (Å²) in [4.78, 5) is 29.3. The Kier molecular flexibility index (Phi) is 7.23. The number of aromatic nitrogens is 1. The molecule has 0 aliphatic carbocycles. The molecule has 0 aliphatic heterocycles. The number of amides is 2. The molecule has 35 heavy (non-hydrogen) atoms. The molecule has 0 fully saturated rings. The second-order valence-electron chi connectivity index (χ2n) is 7.76. The summed E-state index contributed by atoms with van der Waals surface area (Å²) in [6.45, 7) is 6.04. The fourth-order valence-corrected chi connectivity index (χ4v) is 3.36. The summed E-state index contributed by atoms with van der Waals surface area (Å²) in [5.74, 6) is 1.26. The summed E-state index contributed by atoms with van der Waals surface area (Å²) >= 11 is 0. The van der Waals surface area contributed by atoms with Crippen LogP contribution in [0.2, 0.25) is 0 Å². The Balaban J connectivity index is 1.37. The Hall–Kier alpha value is -4.43. The van der Waals surface area contributed by atoms with Crippen molar-refractivity contribution in [3.8, 4) is 11.5 Å². The van der Waals surface area contributed by atoms with Gasteiger partial charge in [-0.05, 0) is 61.0 Å². The number of nitrogens with one attached hydrogen (secondary N) is 2. The first kappa shape index (κ1) is 23.7. The first-order valence-electron chi connectivity index (χ1n) is 10.9. The molecule has 8 heteroatoms. The van der Waals surface area contributed by atoms with Crippen LogP contribution in [0.25, 0.3) is 17.5 Å². The minimum Gasteiger partial charge on any atom is -0.453 e. The standard InChI is InChI=1S/C27H25N3O5/c1-4-18-5-7-19(8-6-18)25(31)28-15-23-17(2)34-27(30-23)20-9-11-21(12-10-20)29-26(32)24-14-13-22(35-24)16-33-3/h4-14H,1,15-16H2,2-3H3,(H,28,31)(H,29,32). The van der Waals surface area contributed by atoms with Crippen molar-refractivity contribution >= 4 is 23.6 Å². The van der Waals surface area contributed by atoms with Crippen molar-refractivity contribution in [3.63, 3.8) is 0 Å². The van der Waals surface area contributed by atoms with E-state index in [0.29, 0.717) is 41.0 Å². The van der Waals surface area contributed by atoms with Crippen LogP contribution in [0.4, 0.5) is 5.69 Å². The summed E-state index contributed by atoms with van der Waals surface area (Å²) < 4.78 is 16.2. The smallest absolute Gasteiger partial charge is 0.291 e. The second-order valence-corrected chi connectivity index (χ2v) is 7.76. The molecule has 4 aromatic rings. The molecule has 2 amide bonds. The predicted molar refractivity (Wildman–Crippen MR) is 132 cm³/mol. The third-order valence-corrected chi connectivity index (χ3v) is 5.28. The van der Waals surface area contributed by atoms with Crippen LogP contribution in [-0.4, -0.2) is 23.9 Å². The number of ether oxygens (including phenoxy) is 1. The molecule has 0 aliphatic rings. The molecule has 0 bridgehead atoms. The van der Waals surface area contributed by atoms with Crippen molar-refractivity contribution in [1.82, 2.24) is 10.3 Å². The summed E-state index contributed by atoms with van der Waals surface area (Å²) in [6.07, 6.45) is 1.72. The van der Waals surface area contributed by atoms with Crippen molar-refractivity contribution in [3.05, 3.63) is 101 Å². The van der Waals surface area contributed by atoms with Crippen LogP contribution < -0.4 is 10.6 Å². The van der Waals surface area contributed by atoms with Crippen LogP contribution in [0.1, 0.15) is 43.7 Å². The molecule has 0 spiro atoms. The minimum atomic E-state index is -0.357. The maximum absolute atomic E-state index is 12.4. The maximum Gasteiger partial charge on any atom is 0.291 e. The van der Waals surface area contributed by atoms with Gasteiger partial charge in [-0.3, -0.25) is 9.59 Å². The highest BCUT2D eigenvalue weighted by atomic mass is 16.5. The number of hydrogen-bond acceptors (Lipinski definition) is 6. The normalized spacial score (nSPS) is 10.7. The Morgan fingerprint density at radius 3 is 2.43 bits per heavy atom. The first-order valence-corrected chi connectivity index (χ1v) is 10.9. The number of nitrogens with zero attached hydrogens (tertiary/aromatic N) is 1. The van der Waals surface area contributed by atoms with Gasteiger partial charge >= 0.3 is 0 Å². The Morgan fingerprint density at radius 2 is 1.74 bits per heavy atom. The zero-order chi connectivity index (χ0) is 24.8. The van der Waals surface area contributed by atoms with Gasteiger partial charge < -0.3 is 24.2 Å². The average Bonchev–Trinajstić information content (AvgIpc) is 3.50. The third-order valence-electron chi connectivity index (χ3n) is 5.28. The topological polar surface area (TPSA) is 107 Å². The highest BCUT2D eigenvalue weighted by Crippen LogP contribution is 2.24. The molecule has 8 nitrogen and oxygen atoms in total. The lowest BCUT2D eigenvalue weighted by atomic mass is 10.1. The fraction of sp³-hybridized carbons (Fsp3) is 0.148. The number of furan rings is 1. The van der Waals surface area contributed by atoms with Crippen LogP contribution in [0, 0.1) is 6.92 Å². The van der Waals surface area contributed by atoms with Gasteiger partial charge in [0, 0.05) is 23.9 Å². The van der Waals surface area contributed by atoms with Crippen molar-refractivity contribution in [1.29, 1.82) is 0 Å². The van der Waals surface area contributed by atoms with Gasteiger partial charge in [0.05, 0.1) is 6.54 Å². The lowest BCUT2D eigenvalue weighted by molar-refractivity contribution is 0.0949. The number of hydrogen-bond donors (Lipinski definition) is 2. The van der Waals surface area contributed by atoms with E-state index in [0.717, 1.165) is 11.1 Å². The summed E-state index contributed by atoms with van der Waals surface area (Å²) in [7, 11) is 1.56. The molecule has 2 heterocycles. The van der Waals surface area contributed by atoms with Gasteiger partial charge in [-0.25, -0.2) is 4.98 Å². The van der Waals surface area contributed by atoms with Crippen LogP contribution in [0.5, 0.6) is 0 Å². The van der Waals surface area contributed by atoms with Gasteiger partial charge in [-0.2, -0.15) is 0 Å². The number of carbonyl (C=O) groups excluding carboxylic acids is 2. The molecule has 0 saturated carbocycles. The fourth-order valence-electron chi connectivity index (χ4n) is 3.36. The zero-order valence-corrected chi connectivity index (χ0v) is 19.5. The number of benzene rings is 2. The number of oxazole rings is 1. The SMILES string of the molecule is C=Cc1ccc(C(=O)NCc2nc(-c3ccc(NC(=O)c4ccc(COC)o4)cc3)oc2C)cc1. The Bertz CT molecular complexity index is 1330. The van der Waals surface area contributed by atoms with E-state index in [-0.39, 0.29) is 24.1 Å². The largest absolute Gasteiger partial charge is 0.453 e. The molecule has 178 valence electrons. The summed E-state index contributed by atoms with van der Waals surface area (Å²) in [5.41, 5.74) is 3.48. The third kappa shape index (κ3) is 5.74. The summed E-state index contributed by atoms with van der Waals surface area (Å²) in [6, 6.07) is 17.6. The van der Waals surface area contributed by atoms with E-state index in [1.54, 1.807) is 68.6 Å². The van der Waals surface area contributed by atoms with E-state index in [1.807, 2.05) is 12.1 Å². The average molecular weight is 472 g/mol. The number of methoxy groups -OCH3 is 1. The maximum atomic E-state index is 12.4. The lowest BCUT2D eigenvalue weighted by Gasteiger charge is -2.04. The van der Waals surface area contributed by atoms with Crippen LogP contribution in [0.3, 0.4) is 0 Å². The number of aryl methyl sites for hydroxylation is 1. The van der Waals surface area contributed by atoms with E-state index >= 15 is 0 Å². The highest BCUT2D eigenvalue weighted by molar-refractivity contribution is 6.02. The van der Waals surface area contributed by atoms with Gasteiger partial charge in [-0.1, -0.05) is 24.8 Å². The van der Waals surface area contributed by atoms with Crippen LogP contribution in [0.15, 0.2) is 76.1 Å². The van der Waals surface area contributed by atoms with Crippen molar-refractivity contribution < 1.29 is 23.2 Å². The monoisotopic (exact) mass is 471 g/mol. The molecule has 2 N–H and O–H groups in total. The molecular formula is C27H25N3O5. The molecule has 0 atom stereocenters. The van der Waals surface area contributed by atoms with Gasteiger partial charge in [0.25, 0.3) is 11.8 Å². The van der Waals surface area contributed by atoms with Crippen molar-refractivity contribution in [2.75, 3.05) is 12.4 Å². The second kappa shape index (κ2) is 10.7. The highest BCUT2D eigenvalue weighted by Gasteiger charge is 2.15. The van der Waals surface area contributed by atoms with Gasteiger partial charge in [-0.15, -0.1) is 0 Å². The molecule has 0 unspecified atom stereocenters. The number of carbonyl (C=O) groups is 2. The van der Waals surface area contributed by atoms with E-state index in [4.69, 9.17) is 13.6 Å². The van der Waals surface area contributed by atoms with E-state index in [1.165, 1.54) is 0 Å². The van der Waals surface area contributed by atoms with Crippen molar-refractivity contribution in [2.24, 2.45) is 0 Å². The van der Waals surface area contributed by atoms with E-state index < -0.39 is 0 Å². The van der Waals surface area contributed by atoms with Crippen molar-refractivity contribution in [2.45, 2.75) is 20.1 Å². The molecular weight excluding hydrogens is 446 g/mol. The number of rotatable bonds is 9. The van der Waals surface area contributed by atoms with E-state index in [2.05, 4.69) is 22.2 Å². The van der Waals surface area contributed by atoms with Crippen LogP contribution in [-0.2, 0) is 17.9 Å². The molecule has 2 aromatic heterocycles. The predicted octanol–water partition coefficient (Wildman–Crippen LogP) is 5.21. The minimum absolute atomic E-state index is 0.199. The van der Waals surface area contributed by atoms with E-state index in [9.17, 15) is 9.59 Å². The zero-order valence-electron chi connectivity index (χ0n) is 19.5. The number of anilines is 1. The Labute approximate surface area is 202 Å². The first-order chi connectivity index (χ1) is 17.0. The quantitative estimate of drug-likeness (QED) is 0.347. The van der Waals surface area contributed by atoms with Gasteiger partial charge in [0.1, 0.15) is 23.8 Å². The molecule has 2 aromatic carbocycles. The molecule has 4 rings (SSSR count). The van der Waals surface area contributed by atoms with Crippen LogP contribution >= 0.6 is 0 Å².